The van der Waals surface area contributed by atoms with E-state index in [1.807, 2.05) is 17.2 Å². The molecule has 0 radical (unpaired) electrons. The fraction of sp³-hybridized carbons (Fsp3) is 0.600. The largest absolute Gasteiger partial charge is 0.368 e. The molecule has 1 aromatic rings. The second kappa shape index (κ2) is 6.04. The SMILES string of the molecule is CC[C@@H](C)Nc1ccc([C@@H]2CCCN2C(C)=O)cn1. The minimum absolute atomic E-state index is 0.157. The molecule has 1 aliphatic rings. The summed E-state index contributed by atoms with van der Waals surface area (Å²) in [5.74, 6) is 1.06. The van der Waals surface area contributed by atoms with Crippen molar-refractivity contribution in [3.05, 3.63) is 23.9 Å². The van der Waals surface area contributed by atoms with Crippen molar-refractivity contribution in [2.24, 2.45) is 0 Å². The topological polar surface area (TPSA) is 45.2 Å². The number of carbonyl (C=O) groups excluding carboxylic acids is 1. The van der Waals surface area contributed by atoms with Crippen LogP contribution in [0.15, 0.2) is 18.3 Å². The lowest BCUT2D eigenvalue weighted by Crippen LogP contribution is -2.28. The monoisotopic (exact) mass is 261 g/mol. The first-order valence-corrected chi connectivity index (χ1v) is 7.11. The molecule has 0 saturated carbocycles. The Balaban J connectivity index is 2.07. The molecule has 0 bridgehead atoms. The molecule has 4 heteroatoms. The Hall–Kier alpha value is -1.58. The summed E-state index contributed by atoms with van der Waals surface area (Å²) in [5.41, 5.74) is 1.14. The average Bonchev–Trinajstić information content (AvgIpc) is 2.89. The third-order valence-corrected chi connectivity index (χ3v) is 3.84. The second-order valence-corrected chi connectivity index (χ2v) is 5.30. The zero-order valence-corrected chi connectivity index (χ0v) is 12.0. The molecule has 1 amide bonds. The summed E-state index contributed by atoms with van der Waals surface area (Å²) < 4.78 is 0. The molecule has 0 aromatic carbocycles. The Bertz CT molecular complexity index is 430. The Morgan fingerprint density at radius 3 is 2.95 bits per heavy atom. The molecular formula is C15H23N3O. The standard InChI is InChI=1S/C15H23N3O/c1-4-11(2)17-15-8-7-13(10-16-15)14-6-5-9-18(14)12(3)19/h7-8,10-11,14H,4-6,9H2,1-3H3,(H,16,17)/t11-,14+/m1/s1. The number of hydrogen-bond donors (Lipinski definition) is 1. The molecule has 1 fully saturated rings. The Morgan fingerprint density at radius 1 is 1.58 bits per heavy atom. The number of aromatic nitrogens is 1. The molecule has 0 aliphatic carbocycles. The smallest absolute Gasteiger partial charge is 0.219 e. The van der Waals surface area contributed by atoms with Gasteiger partial charge in [0.25, 0.3) is 0 Å². The summed E-state index contributed by atoms with van der Waals surface area (Å²) in [4.78, 5) is 18.0. The van der Waals surface area contributed by atoms with E-state index in [4.69, 9.17) is 0 Å². The van der Waals surface area contributed by atoms with Crippen LogP contribution in [0, 0.1) is 0 Å². The van der Waals surface area contributed by atoms with Crippen LogP contribution in [-0.4, -0.2) is 28.4 Å². The minimum atomic E-state index is 0.157. The van der Waals surface area contributed by atoms with Gasteiger partial charge in [0.15, 0.2) is 0 Å². The lowest BCUT2D eigenvalue weighted by atomic mass is 10.1. The van der Waals surface area contributed by atoms with Crippen LogP contribution in [0.3, 0.4) is 0 Å². The molecule has 0 unspecified atom stereocenters. The first-order chi connectivity index (χ1) is 9.11. The van der Waals surface area contributed by atoms with E-state index in [9.17, 15) is 4.79 Å². The Labute approximate surface area is 115 Å². The van der Waals surface area contributed by atoms with Gasteiger partial charge in [0.2, 0.25) is 5.91 Å². The number of carbonyl (C=O) groups is 1. The first kappa shape index (κ1) is 13.8. The van der Waals surface area contributed by atoms with Crippen molar-refractivity contribution < 1.29 is 4.79 Å². The van der Waals surface area contributed by atoms with Crippen molar-refractivity contribution in [2.45, 2.75) is 52.1 Å². The van der Waals surface area contributed by atoms with Crippen molar-refractivity contribution in [1.29, 1.82) is 0 Å². The summed E-state index contributed by atoms with van der Waals surface area (Å²) in [5, 5.41) is 3.35. The van der Waals surface area contributed by atoms with Crippen molar-refractivity contribution in [3.63, 3.8) is 0 Å². The predicted molar refractivity (Wildman–Crippen MR) is 77.0 cm³/mol. The second-order valence-electron chi connectivity index (χ2n) is 5.30. The maximum atomic E-state index is 11.6. The summed E-state index contributed by atoms with van der Waals surface area (Å²) in [6, 6.07) is 4.74. The zero-order chi connectivity index (χ0) is 13.8. The molecule has 19 heavy (non-hydrogen) atoms. The fourth-order valence-corrected chi connectivity index (χ4v) is 2.53. The van der Waals surface area contributed by atoms with Gasteiger partial charge in [-0.2, -0.15) is 0 Å². The van der Waals surface area contributed by atoms with Gasteiger partial charge in [-0.05, 0) is 37.8 Å². The summed E-state index contributed by atoms with van der Waals surface area (Å²) in [6.45, 7) is 6.80. The maximum absolute atomic E-state index is 11.6. The van der Waals surface area contributed by atoms with Crippen molar-refractivity contribution >= 4 is 11.7 Å². The first-order valence-electron chi connectivity index (χ1n) is 7.11. The zero-order valence-electron chi connectivity index (χ0n) is 12.0. The molecule has 1 saturated heterocycles. The van der Waals surface area contributed by atoms with E-state index in [2.05, 4.69) is 30.2 Å². The Kier molecular flexibility index (Phi) is 4.40. The lowest BCUT2D eigenvalue weighted by Gasteiger charge is -2.23. The fourth-order valence-electron chi connectivity index (χ4n) is 2.53. The molecule has 4 nitrogen and oxygen atoms in total. The maximum Gasteiger partial charge on any atom is 0.219 e. The van der Waals surface area contributed by atoms with Gasteiger partial charge in [-0.15, -0.1) is 0 Å². The predicted octanol–water partition coefficient (Wildman–Crippen LogP) is 2.98. The van der Waals surface area contributed by atoms with Crippen LogP contribution >= 0.6 is 0 Å². The van der Waals surface area contributed by atoms with Crippen molar-refractivity contribution in [3.8, 4) is 0 Å². The normalized spacial score (nSPS) is 20.4. The summed E-state index contributed by atoms with van der Waals surface area (Å²) in [6.07, 6.45) is 5.09. The Morgan fingerprint density at radius 2 is 2.37 bits per heavy atom. The number of nitrogens with zero attached hydrogens (tertiary/aromatic N) is 2. The number of rotatable bonds is 4. The lowest BCUT2D eigenvalue weighted by molar-refractivity contribution is -0.129. The highest BCUT2D eigenvalue weighted by Gasteiger charge is 2.27. The average molecular weight is 261 g/mol. The van der Waals surface area contributed by atoms with Gasteiger partial charge >= 0.3 is 0 Å². The minimum Gasteiger partial charge on any atom is -0.368 e. The van der Waals surface area contributed by atoms with E-state index in [1.54, 1.807) is 6.92 Å². The molecule has 1 aliphatic heterocycles. The van der Waals surface area contributed by atoms with E-state index in [0.717, 1.165) is 37.2 Å². The van der Waals surface area contributed by atoms with E-state index in [0.29, 0.717) is 6.04 Å². The molecule has 0 spiro atoms. The molecular weight excluding hydrogens is 238 g/mol. The van der Waals surface area contributed by atoms with Crippen LogP contribution in [0.1, 0.15) is 51.6 Å². The summed E-state index contributed by atoms with van der Waals surface area (Å²) in [7, 11) is 0. The molecule has 2 atom stereocenters. The van der Waals surface area contributed by atoms with Gasteiger partial charge in [-0.3, -0.25) is 4.79 Å². The van der Waals surface area contributed by atoms with Crippen LogP contribution in [0.2, 0.25) is 0 Å². The van der Waals surface area contributed by atoms with Crippen LogP contribution in [0.5, 0.6) is 0 Å². The summed E-state index contributed by atoms with van der Waals surface area (Å²) >= 11 is 0. The number of pyridine rings is 1. The molecule has 2 rings (SSSR count). The molecule has 104 valence electrons. The van der Waals surface area contributed by atoms with Crippen LogP contribution in [-0.2, 0) is 4.79 Å². The third-order valence-electron chi connectivity index (χ3n) is 3.84. The van der Waals surface area contributed by atoms with E-state index in [-0.39, 0.29) is 11.9 Å². The van der Waals surface area contributed by atoms with Gasteiger partial charge < -0.3 is 10.2 Å². The van der Waals surface area contributed by atoms with Gasteiger partial charge in [0, 0.05) is 25.7 Å². The third kappa shape index (κ3) is 3.25. The number of anilines is 1. The van der Waals surface area contributed by atoms with E-state index >= 15 is 0 Å². The molecule has 1 aromatic heterocycles. The number of hydrogen-bond acceptors (Lipinski definition) is 3. The highest BCUT2D eigenvalue weighted by molar-refractivity contribution is 5.74. The van der Waals surface area contributed by atoms with E-state index in [1.165, 1.54) is 0 Å². The van der Waals surface area contributed by atoms with Gasteiger partial charge in [-0.25, -0.2) is 4.98 Å². The van der Waals surface area contributed by atoms with Crippen LogP contribution in [0.4, 0.5) is 5.82 Å². The highest BCUT2D eigenvalue weighted by Crippen LogP contribution is 2.31. The van der Waals surface area contributed by atoms with Crippen molar-refractivity contribution in [1.82, 2.24) is 9.88 Å². The number of likely N-dealkylation sites (tertiary alicyclic amines) is 1. The highest BCUT2D eigenvalue weighted by atomic mass is 16.2. The quantitative estimate of drug-likeness (QED) is 0.906. The van der Waals surface area contributed by atoms with Crippen molar-refractivity contribution in [2.75, 3.05) is 11.9 Å². The van der Waals surface area contributed by atoms with Crippen LogP contribution < -0.4 is 5.32 Å². The number of amides is 1. The van der Waals surface area contributed by atoms with Gasteiger partial charge in [0.05, 0.1) is 6.04 Å². The van der Waals surface area contributed by atoms with Crippen LogP contribution in [0.25, 0.3) is 0 Å². The van der Waals surface area contributed by atoms with E-state index < -0.39 is 0 Å². The van der Waals surface area contributed by atoms with Gasteiger partial charge in [0.1, 0.15) is 5.82 Å². The number of nitrogens with one attached hydrogen (secondary N) is 1. The molecule has 1 N–H and O–H groups in total. The molecule has 2 heterocycles. The van der Waals surface area contributed by atoms with Gasteiger partial charge in [-0.1, -0.05) is 13.0 Å².